The summed E-state index contributed by atoms with van der Waals surface area (Å²) in [6, 6.07) is 5.99. The van der Waals surface area contributed by atoms with Crippen LogP contribution in [0.1, 0.15) is 32.6 Å². The van der Waals surface area contributed by atoms with E-state index < -0.39 is 28.9 Å². The number of benzene rings is 1. The fourth-order valence-corrected chi connectivity index (χ4v) is 3.03. The first kappa shape index (κ1) is 18.2. The van der Waals surface area contributed by atoms with E-state index >= 15 is 0 Å². The minimum absolute atomic E-state index is 0.0575. The summed E-state index contributed by atoms with van der Waals surface area (Å²) in [6.45, 7) is 5.07. The average Bonchev–Trinajstić information content (AvgIpc) is 3.17. The van der Waals surface area contributed by atoms with Crippen LogP contribution in [0.25, 0.3) is 0 Å². The monoisotopic (exact) mass is 377 g/mol. The van der Waals surface area contributed by atoms with Crippen LogP contribution in [0.3, 0.4) is 0 Å². The molecule has 3 rings (SSSR count). The summed E-state index contributed by atoms with van der Waals surface area (Å²) in [5.74, 6) is -2.15. The average molecular weight is 378 g/mol. The smallest absolute Gasteiger partial charge is 0.294 e. The molecule has 0 radical (unpaired) electrons. The fraction of sp³-hybridized carbons (Fsp3) is 0.263. The second-order valence-electron chi connectivity index (χ2n) is 7.03. The number of amides is 1. The lowest BCUT2D eigenvalue weighted by molar-refractivity contribution is -0.123. The number of nitrogens with zero attached hydrogens (tertiary/aromatic N) is 1. The van der Waals surface area contributed by atoms with E-state index in [9.17, 15) is 19.1 Å². The van der Waals surface area contributed by atoms with Crippen LogP contribution in [0.15, 0.2) is 52.3 Å². The number of carbonyl (C=O) groups is 2. The van der Waals surface area contributed by atoms with Crippen molar-refractivity contribution in [3.8, 4) is 0 Å². The van der Waals surface area contributed by atoms with Gasteiger partial charge in [-0.2, -0.15) is 0 Å². The highest BCUT2D eigenvalue weighted by atomic mass is 35.5. The van der Waals surface area contributed by atoms with Gasteiger partial charge in [0.15, 0.2) is 11.5 Å². The Morgan fingerprint density at radius 3 is 2.54 bits per heavy atom. The van der Waals surface area contributed by atoms with Crippen LogP contribution in [0, 0.1) is 11.2 Å². The normalized spacial score (nSPS) is 18.0. The third-order valence-electron chi connectivity index (χ3n) is 4.13. The van der Waals surface area contributed by atoms with Gasteiger partial charge in [0, 0.05) is 11.1 Å². The summed E-state index contributed by atoms with van der Waals surface area (Å²) < 4.78 is 18.9. The van der Waals surface area contributed by atoms with E-state index in [0.29, 0.717) is 5.76 Å². The first-order valence-corrected chi connectivity index (χ1v) is 8.30. The molecule has 1 atom stereocenters. The molecule has 1 N–H and O–H groups in total. The molecule has 2 heterocycles. The maximum absolute atomic E-state index is 13.5. The summed E-state index contributed by atoms with van der Waals surface area (Å²) in [5.41, 5.74) is -0.644. The molecule has 0 saturated heterocycles. The van der Waals surface area contributed by atoms with Crippen LogP contribution < -0.4 is 4.90 Å². The van der Waals surface area contributed by atoms with Crippen molar-refractivity contribution in [1.29, 1.82) is 0 Å². The topological polar surface area (TPSA) is 70.8 Å². The minimum Gasteiger partial charge on any atom is -0.503 e. The van der Waals surface area contributed by atoms with Gasteiger partial charge in [0.05, 0.1) is 16.9 Å². The van der Waals surface area contributed by atoms with Crippen LogP contribution in [0.4, 0.5) is 10.1 Å². The van der Waals surface area contributed by atoms with Crippen molar-refractivity contribution in [1.82, 2.24) is 0 Å². The van der Waals surface area contributed by atoms with E-state index in [2.05, 4.69) is 0 Å². The summed E-state index contributed by atoms with van der Waals surface area (Å²) >= 11 is 5.84. The molecule has 7 heteroatoms. The Kier molecular flexibility index (Phi) is 4.40. The van der Waals surface area contributed by atoms with Crippen molar-refractivity contribution in [3.63, 3.8) is 0 Å². The molecule has 0 spiro atoms. The Morgan fingerprint density at radius 1 is 1.31 bits per heavy atom. The van der Waals surface area contributed by atoms with Gasteiger partial charge in [0.25, 0.3) is 5.91 Å². The Bertz CT molecular complexity index is 912. The van der Waals surface area contributed by atoms with E-state index in [1.165, 1.54) is 23.3 Å². The van der Waals surface area contributed by atoms with Crippen LogP contribution in [0.2, 0.25) is 5.02 Å². The molecule has 0 aliphatic carbocycles. The number of furan rings is 1. The van der Waals surface area contributed by atoms with E-state index in [4.69, 9.17) is 16.0 Å². The van der Waals surface area contributed by atoms with E-state index in [1.807, 2.05) is 0 Å². The van der Waals surface area contributed by atoms with Gasteiger partial charge in [0.2, 0.25) is 0 Å². The molecule has 1 unspecified atom stereocenters. The molecule has 1 aliphatic heterocycles. The zero-order valence-corrected chi connectivity index (χ0v) is 15.2. The Morgan fingerprint density at radius 2 is 2.00 bits per heavy atom. The molecule has 136 valence electrons. The number of carbonyl (C=O) groups excluding carboxylic acids is 2. The number of aliphatic hydroxyl groups excluding tert-OH is 1. The van der Waals surface area contributed by atoms with Gasteiger partial charge in [-0.25, -0.2) is 4.39 Å². The Hall–Kier alpha value is -2.60. The Labute approximate surface area is 154 Å². The lowest BCUT2D eigenvalue weighted by atomic mass is 9.83. The van der Waals surface area contributed by atoms with Crippen molar-refractivity contribution in [2.75, 3.05) is 4.90 Å². The molecule has 5 nitrogen and oxygen atoms in total. The number of Topliss-reactive ketones (excluding diaryl/α,β-unsaturated/α-hetero) is 1. The number of ketones is 1. The molecule has 0 saturated carbocycles. The lowest BCUT2D eigenvalue weighted by Gasteiger charge is -2.27. The molecule has 26 heavy (non-hydrogen) atoms. The summed E-state index contributed by atoms with van der Waals surface area (Å²) in [6.07, 6.45) is 1.41. The lowest BCUT2D eigenvalue weighted by Crippen LogP contribution is -2.32. The first-order valence-electron chi connectivity index (χ1n) is 7.93. The maximum atomic E-state index is 13.5. The van der Waals surface area contributed by atoms with Gasteiger partial charge in [-0.15, -0.1) is 0 Å². The number of aliphatic hydroxyl groups is 1. The molecule has 1 aromatic heterocycles. The van der Waals surface area contributed by atoms with Crippen molar-refractivity contribution in [2.45, 2.75) is 26.8 Å². The predicted molar refractivity (Wildman–Crippen MR) is 94.5 cm³/mol. The summed E-state index contributed by atoms with van der Waals surface area (Å²) in [4.78, 5) is 26.8. The molecule has 1 amide bonds. The molecule has 1 aliphatic rings. The van der Waals surface area contributed by atoms with Gasteiger partial charge in [-0.3, -0.25) is 14.5 Å². The van der Waals surface area contributed by atoms with Crippen LogP contribution in [-0.2, 0) is 9.59 Å². The maximum Gasteiger partial charge on any atom is 0.294 e. The third kappa shape index (κ3) is 2.90. The highest BCUT2D eigenvalue weighted by Crippen LogP contribution is 2.43. The SMILES string of the molecule is CC(C)(C)C(=O)C1=C(O)C(=O)N(c2ccc(F)c(Cl)c2)C1c1ccco1. The summed E-state index contributed by atoms with van der Waals surface area (Å²) in [5, 5.41) is 10.3. The van der Waals surface area contributed by atoms with Crippen LogP contribution >= 0.6 is 11.6 Å². The van der Waals surface area contributed by atoms with Gasteiger partial charge in [-0.05, 0) is 30.3 Å². The predicted octanol–water partition coefficient (Wildman–Crippen LogP) is 4.59. The number of hydrogen-bond acceptors (Lipinski definition) is 4. The van der Waals surface area contributed by atoms with Crippen LogP contribution in [-0.4, -0.2) is 16.8 Å². The Balaban J connectivity index is 2.18. The molecular weight excluding hydrogens is 361 g/mol. The highest BCUT2D eigenvalue weighted by molar-refractivity contribution is 6.31. The zero-order chi connectivity index (χ0) is 19.2. The second-order valence-corrected chi connectivity index (χ2v) is 7.44. The van der Waals surface area contributed by atoms with Gasteiger partial charge >= 0.3 is 0 Å². The van der Waals surface area contributed by atoms with Crippen molar-refractivity contribution >= 4 is 29.0 Å². The van der Waals surface area contributed by atoms with E-state index in [1.54, 1.807) is 32.9 Å². The number of anilines is 1. The van der Waals surface area contributed by atoms with Gasteiger partial charge < -0.3 is 9.52 Å². The number of hydrogen-bond donors (Lipinski definition) is 1. The first-order chi connectivity index (χ1) is 12.1. The van der Waals surface area contributed by atoms with E-state index in [-0.39, 0.29) is 22.1 Å². The molecule has 0 fully saturated rings. The van der Waals surface area contributed by atoms with E-state index in [0.717, 1.165) is 6.07 Å². The van der Waals surface area contributed by atoms with Gasteiger partial charge in [-0.1, -0.05) is 32.4 Å². The van der Waals surface area contributed by atoms with Crippen LogP contribution in [0.5, 0.6) is 0 Å². The summed E-state index contributed by atoms with van der Waals surface area (Å²) in [7, 11) is 0. The standard InChI is InChI=1S/C19H17ClFNO4/c1-19(2,3)17(24)14-15(13-5-4-8-26-13)22(18(25)16(14)23)10-6-7-12(21)11(20)9-10/h4-9,15,23H,1-3H3. The number of rotatable bonds is 3. The third-order valence-corrected chi connectivity index (χ3v) is 4.42. The quantitative estimate of drug-likeness (QED) is 0.849. The fourth-order valence-electron chi connectivity index (χ4n) is 2.86. The largest absolute Gasteiger partial charge is 0.503 e. The molecule has 0 bridgehead atoms. The second kappa shape index (κ2) is 6.29. The van der Waals surface area contributed by atoms with Crippen molar-refractivity contribution < 1.29 is 23.5 Å². The highest BCUT2D eigenvalue weighted by Gasteiger charge is 2.48. The minimum atomic E-state index is -0.967. The van der Waals surface area contributed by atoms with Crippen molar-refractivity contribution in [3.05, 3.63) is 64.5 Å². The van der Waals surface area contributed by atoms with Gasteiger partial charge in [0.1, 0.15) is 17.6 Å². The molecular formula is C19H17ClFNO4. The van der Waals surface area contributed by atoms with Crippen molar-refractivity contribution in [2.24, 2.45) is 5.41 Å². The molecule has 2 aromatic rings. The number of halogens is 2. The zero-order valence-electron chi connectivity index (χ0n) is 14.4. The molecule has 1 aromatic carbocycles.